The molecule has 8 N–H and O–H groups in total. The summed E-state index contributed by atoms with van der Waals surface area (Å²) >= 11 is 0. The maximum absolute atomic E-state index is 13.1. The molecule has 9 rings (SSSR count). The van der Waals surface area contributed by atoms with Crippen LogP contribution in [0.4, 0.5) is 0 Å². The number of carbonyl (C=O) groups is 1. The van der Waals surface area contributed by atoms with Crippen molar-refractivity contribution < 1.29 is 34.7 Å². The van der Waals surface area contributed by atoms with Crippen LogP contribution >= 0.6 is 0 Å². The molecule has 1 spiro atoms. The van der Waals surface area contributed by atoms with Crippen LogP contribution in [0.3, 0.4) is 0 Å². The number of aliphatic imine (C=N–C) groups is 1. The molecular weight excluding hydrogens is 700 g/mol. The topological polar surface area (TPSA) is 185 Å². The molecular formula is C42H62N6O7. The molecule has 1 aromatic rings. The Morgan fingerprint density at radius 2 is 2.00 bits per heavy atom. The first-order chi connectivity index (χ1) is 26.5. The van der Waals surface area contributed by atoms with Crippen molar-refractivity contribution in [1.29, 1.82) is 0 Å². The lowest BCUT2D eigenvalue weighted by Gasteiger charge is -2.58. The van der Waals surface area contributed by atoms with Crippen LogP contribution in [0.2, 0.25) is 0 Å². The third-order valence-electron chi connectivity index (χ3n) is 14.3. The number of hydrogen-bond acceptors (Lipinski definition) is 13. The summed E-state index contributed by atoms with van der Waals surface area (Å²) < 4.78 is 12.5. The van der Waals surface area contributed by atoms with E-state index < -0.39 is 29.2 Å². The van der Waals surface area contributed by atoms with Crippen molar-refractivity contribution in [2.24, 2.45) is 39.8 Å². The van der Waals surface area contributed by atoms with E-state index in [4.69, 9.17) is 20.2 Å². The normalized spacial score (nSPS) is 41.7. The van der Waals surface area contributed by atoms with Crippen LogP contribution in [0.25, 0.3) is 0 Å². The summed E-state index contributed by atoms with van der Waals surface area (Å²) in [5, 5.41) is 53.6. The first-order valence-corrected chi connectivity index (χ1v) is 21.0. The maximum Gasteiger partial charge on any atom is 0.302 e. The fourth-order valence-corrected chi connectivity index (χ4v) is 11.5. The number of ether oxygens (including phenoxy) is 2. The van der Waals surface area contributed by atoms with E-state index in [-0.39, 0.29) is 49.3 Å². The number of phenolic OH excluding ortho intramolecular Hbond substituents is 1. The Hall–Kier alpha value is -3.12. The zero-order valence-electron chi connectivity index (χ0n) is 32.4. The molecule has 0 radical (unpaired) electrons. The lowest BCUT2D eigenvalue weighted by molar-refractivity contribution is -0.153. The number of piperidine rings is 4. The molecule has 7 heterocycles. The first kappa shape index (κ1) is 38.7. The molecule has 1 aromatic carbocycles. The van der Waals surface area contributed by atoms with E-state index in [0.717, 1.165) is 63.8 Å². The van der Waals surface area contributed by atoms with Crippen LogP contribution in [-0.4, -0.2) is 124 Å². The number of fused-ring (bicyclic) bond motifs is 9. The van der Waals surface area contributed by atoms with Gasteiger partial charge >= 0.3 is 5.97 Å². The third kappa shape index (κ3) is 8.18. The minimum atomic E-state index is -1.18. The lowest BCUT2D eigenvalue weighted by Crippen LogP contribution is -2.67. The second-order valence-corrected chi connectivity index (χ2v) is 18.0. The highest BCUT2D eigenvalue weighted by molar-refractivity contribution is 5.78. The van der Waals surface area contributed by atoms with Crippen molar-refractivity contribution in [1.82, 2.24) is 20.4 Å². The van der Waals surface area contributed by atoms with E-state index in [1.54, 1.807) is 6.07 Å². The van der Waals surface area contributed by atoms with Crippen LogP contribution in [0.15, 0.2) is 17.1 Å². The van der Waals surface area contributed by atoms with Crippen molar-refractivity contribution >= 4 is 11.9 Å². The molecule has 13 unspecified atom stereocenters. The molecule has 0 saturated carbocycles. The zero-order valence-corrected chi connectivity index (χ0v) is 32.4. The first-order valence-electron chi connectivity index (χ1n) is 21.0. The summed E-state index contributed by atoms with van der Waals surface area (Å²) in [7, 11) is 0. The number of carbonyl (C=O) groups excluding carboxylic acids is 1. The van der Waals surface area contributed by atoms with Gasteiger partial charge in [0, 0.05) is 70.0 Å². The van der Waals surface area contributed by atoms with E-state index in [2.05, 4.69) is 32.3 Å². The average molecular weight is 763 g/mol. The molecule has 0 amide bonds. The molecule has 13 heteroatoms. The summed E-state index contributed by atoms with van der Waals surface area (Å²) in [5.74, 6) is 8.21. The number of aromatic hydroxyl groups is 1. The van der Waals surface area contributed by atoms with Crippen molar-refractivity contribution in [2.75, 3.05) is 45.9 Å². The maximum atomic E-state index is 13.1. The van der Waals surface area contributed by atoms with E-state index in [1.807, 2.05) is 6.07 Å². The number of nitrogens with one attached hydrogen (secondary N) is 2. The Kier molecular flexibility index (Phi) is 11.3. The average Bonchev–Trinajstić information content (AvgIpc) is 3.16. The number of phenols is 1. The lowest BCUT2D eigenvalue weighted by atomic mass is 9.62. The number of rotatable bonds is 2. The van der Waals surface area contributed by atoms with Crippen LogP contribution in [0, 0.1) is 40.9 Å². The number of benzene rings is 1. The number of nitrogens with zero attached hydrogens (tertiary/aromatic N) is 3. The van der Waals surface area contributed by atoms with Gasteiger partial charge < -0.3 is 46.3 Å². The standard InChI is InChI=1S/C42H62N6O7/c1-26(50)54-38-18-33(51)6-10-41(23-45-40(43)46-25-47-19-27-13-30(21-47)36-7-11-42(41,53)24-48(36)20-27)9-5-28-3-2-4-32-17-34(8-12-44-32)55-39-16-29(14-35(28)38)31(22-49)15-37(39)52/h15-16,27-28,30,32-36,38,44,49,51-53H,2-4,6-8,10-14,17-25H2,1H3,(H3,43,45,46). The number of esters is 1. The van der Waals surface area contributed by atoms with Gasteiger partial charge in [-0.05, 0) is 106 Å². The quantitative estimate of drug-likeness (QED) is 0.172. The van der Waals surface area contributed by atoms with Crippen molar-refractivity contribution in [3.8, 4) is 23.3 Å². The predicted molar refractivity (Wildman–Crippen MR) is 207 cm³/mol. The highest BCUT2D eigenvalue weighted by Crippen LogP contribution is 2.48. The Bertz CT molecular complexity index is 1670. The fraction of sp³-hybridized carbons (Fsp3) is 0.762. The van der Waals surface area contributed by atoms with Gasteiger partial charge in [-0.3, -0.25) is 14.6 Å². The smallest absolute Gasteiger partial charge is 0.302 e. The van der Waals surface area contributed by atoms with Crippen molar-refractivity contribution in [3.05, 3.63) is 23.3 Å². The molecule has 13 atom stereocenters. The van der Waals surface area contributed by atoms with E-state index in [1.165, 1.54) is 13.3 Å². The highest BCUT2D eigenvalue weighted by atomic mass is 16.5. The molecule has 13 nitrogen and oxygen atoms in total. The van der Waals surface area contributed by atoms with Gasteiger partial charge in [0.1, 0.15) is 12.2 Å². The number of guanidine groups is 1. The highest BCUT2D eigenvalue weighted by Gasteiger charge is 2.56. The van der Waals surface area contributed by atoms with Crippen molar-refractivity contribution in [2.45, 2.75) is 127 Å². The second-order valence-electron chi connectivity index (χ2n) is 18.0. The van der Waals surface area contributed by atoms with E-state index in [9.17, 15) is 25.2 Å². The number of aliphatic hydroxyl groups is 3. The van der Waals surface area contributed by atoms with E-state index >= 15 is 0 Å². The minimum absolute atomic E-state index is 0.0140. The summed E-state index contributed by atoms with van der Waals surface area (Å²) in [6.07, 6.45) is 6.63. The largest absolute Gasteiger partial charge is 0.504 e. The predicted octanol–water partition coefficient (Wildman–Crippen LogP) is 1.83. The summed E-state index contributed by atoms with van der Waals surface area (Å²) in [4.78, 5) is 22.5. The van der Waals surface area contributed by atoms with Crippen LogP contribution in [0.5, 0.6) is 11.5 Å². The molecule has 8 aliphatic rings. The number of nitrogens with two attached hydrogens (primary N) is 1. The Morgan fingerprint density at radius 1 is 1.13 bits per heavy atom. The van der Waals surface area contributed by atoms with Crippen LogP contribution < -0.4 is 21.1 Å². The summed E-state index contributed by atoms with van der Waals surface area (Å²) in [5.41, 5.74) is 5.78. The monoisotopic (exact) mass is 762 g/mol. The van der Waals surface area contributed by atoms with Gasteiger partial charge in [-0.15, -0.1) is 0 Å². The number of hydrogen-bond donors (Lipinski definition) is 7. The number of aliphatic hydroxyl groups excluding tert-OH is 2. The molecule has 0 aromatic heterocycles. The van der Waals surface area contributed by atoms with Gasteiger partial charge in [0.15, 0.2) is 17.5 Å². The molecule has 1 aliphatic carbocycles. The van der Waals surface area contributed by atoms with Gasteiger partial charge in [0.2, 0.25) is 0 Å². The van der Waals surface area contributed by atoms with Gasteiger partial charge in [0.05, 0.1) is 30.4 Å². The van der Waals surface area contributed by atoms with Crippen LogP contribution in [-0.2, 0) is 22.6 Å². The molecule has 4 saturated heterocycles. The van der Waals surface area contributed by atoms with Gasteiger partial charge in [-0.2, -0.15) is 0 Å². The van der Waals surface area contributed by atoms with E-state index in [0.29, 0.717) is 80.5 Å². The molecule has 10 bridgehead atoms. The molecule has 55 heavy (non-hydrogen) atoms. The van der Waals surface area contributed by atoms with Gasteiger partial charge in [-0.1, -0.05) is 18.3 Å². The summed E-state index contributed by atoms with van der Waals surface area (Å²) in [6.45, 7) is 6.17. The SMILES string of the molecule is CC(=O)OC1CC(O)CCC2(C#CC3CCCC4CC(CCN4)Oc4cc(c(CO)cc4O)CC31)CNC(N)=NCN1CC3CC(C1)C1CCC2(O)CN1C3. The Balaban J connectivity index is 1.24. The van der Waals surface area contributed by atoms with Gasteiger partial charge in [0.25, 0.3) is 0 Å². The van der Waals surface area contributed by atoms with Gasteiger partial charge in [-0.25, -0.2) is 4.99 Å². The zero-order chi connectivity index (χ0) is 38.3. The van der Waals surface area contributed by atoms with Crippen molar-refractivity contribution in [3.63, 3.8) is 0 Å². The minimum Gasteiger partial charge on any atom is -0.504 e. The summed E-state index contributed by atoms with van der Waals surface area (Å²) in [6, 6.07) is 4.05. The second kappa shape index (κ2) is 16.0. The molecule has 4 fully saturated rings. The molecule has 7 aliphatic heterocycles. The fourth-order valence-electron chi connectivity index (χ4n) is 11.5. The third-order valence-corrected chi connectivity index (χ3v) is 14.3. The Morgan fingerprint density at radius 3 is 2.84 bits per heavy atom. The Labute approximate surface area is 325 Å². The van der Waals surface area contributed by atoms with Crippen LogP contribution in [0.1, 0.15) is 88.7 Å². The molecule has 302 valence electrons.